The standard InChI is InChI=1S/C15H23N5O2/c1-9-11-13(17-8-20(14(11)22)15(2,3)4)18-12(9)16-7-10(21)19(5)6/h8-9H,7H2,1-6H3,(H,16,18). The van der Waals surface area contributed by atoms with E-state index >= 15 is 0 Å². The second-order valence-electron chi connectivity index (χ2n) is 6.69. The van der Waals surface area contributed by atoms with Crippen molar-refractivity contribution in [3.05, 3.63) is 22.2 Å². The van der Waals surface area contributed by atoms with Crippen molar-refractivity contribution >= 4 is 17.6 Å². The van der Waals surface area contributed by atoms with Crippen LogP contribution >= 0.6 is 0 Å². The molecule has 1 N–H and O–H groups in total. The van der Waals surface area contributed by atoms with Crippen molar-refractivity contribution in [3.8, 4) is 0 Å². The Hall–Kier alpha value is -2.18. The van der Waals surface area contributed by atoms with Crippen molar-refractivity contribution in [3.63, 3.8) is 0 Å². The summed E-state index contributed by atoms with van der Waals surface area (Å²) in [7, 11) is 3.37. The van der Waals surface area contributed by atoms with Crippen LogP contribution in [-0.4, -0.2) is 46.8 Å². The van der Waals surface area contributed by atoms with Crippen LogP contribution in [0.25, 0.3) is 0 Å². The van der Waals surface area contributed by atoms with Gasteiger partial charge in [0.15, 0.2) is 0 Å². The zero-order valence-corrected chi connectivity index (χ0v) is 14.0. The van der Waals surface area contributed by atoms with E-state index in [2.05, 4.69) is 15.3 Å². The molecule has 0 aromatic carbocycles. The second-order valence-corrected chi connectivity index (χ2v) is 6.69. The average molecular weight is 305 g/mol. The third-order valence-electron chi connectivity index (χ3n) is 3.70. The number of nitrogens with zero attached hydrogens (tertiary/aromatic N) is 4. The van der Waals surface area contributed by atoms with Gasteiger partial charge >= 0.3 is 0 Å². The van der Waals surface area contributed by atoms with Crippen molar-refractivity contribution in [2.75, 3.05) is 26.0 Å². The molecule has 1 amide bonds. The molecule has 0 aliphatic carbocycles. The minimum Gasteiger partial charge on any atom is -0.347 e. The minimum absolute atomic E-state index is 0.0567. The fourth-order valence-electron chi connectivity index (χ4n) is 2.27. The highest BCUT2D eigenvalue weighted by Gasteiger charge is 2.31. The molecule has 0 saturated heterocycles. The molecule has 1 atom stereocenters. The summed E-state index contributed by atoms with van der Waals surface area (Å²) in [4.78, 5) is 34.4. The quantitative estimate of drug-likeness (QED) is 0.884. The summed E-state index contributed by atoms with van der Waals surface area (Å²) in [5.74, 6) is 0.868. The van der Waals surface area contributed by atoms with Gasteiger partial charge in [-0.25, -0.2) is 4.98 Å². The number of nitrogens with one attached hydrogen (secondary N) is 1. The van der Waals surface area contributed by atoms with E-state index in [9.17, 15) is 9.59 Å². The van der Waals surface area contributed by atoms with Crippen molar-refractivity contribution in [1.29, 1.82) is 0 Å². The normalized spacial score (nSPS) is 19.0. The number of anilines is 1. The summed E-state index contributed by atoms with van der Waals surface area (Å²) in [6.45, 7) is 7.83. The lowest BCUT2D eigenvalue weighted by atomic mass is 10.0. The summed E-state index contributed by atoms with van der Waals surface area (Å²) in [6.07, 6.45) is 1.55. The van der Waals surface area contributed by atoms with Crippen LogP contribution in [0.15, 0.2) is 16.1 Å². The van der Waals surface area contributed by atoms with E-state index in [0.717, 1.165) is 0 Å². The van der Waals surface area contributed by atoms with Gasteiger partial charge < -0.3 is 10.2 Å². The molecule has 0 fully saturated rings. The van der Waals surface area contributed by atoms with E-state index in [1.54, 1.807) is 25.0 Å². The lowest BCUT2D eigenvalue weighted by Gasteiger charge is -2.22. The smallest absolute Gasteiger partial charge is 0.259 e. The van der Waals surface area contributed by atoms with Crippen LogP contribution in [0.1, 0.15) is 39.2 Å². The third kappa shape index (κ3) is 2.88. The summed E-state index contributed by atoms with van der Waals surface area (Å²) in [5, 5.41) is 3.05. The predicted octanol–water partition coefficient (Wildman–Crippen LogP) is 1.01. The molecule has 0 spiro atoms. The molecule has 1 aliphatic heterocycles. The summed E-state index contributed by atoms with van der Waals surface area (Å²) in [5.41, 5.74) is 0.203. The van der Waals surface area contributed by atoms with Crippen LogP contribution in [-0.2, 0) is 10.3 Å². The number of hydrogen-bond acceptors (Lipinski definition) is 4. The molecule has 1 aromatic rings. The van der Waals surface area contributed by atoms with Crippen LogP contribution < -0.4 is 10.9 Å². The molecule has 2 heterocycles. The zero-order valence-electron chi connectivity index (χ0n) is 14.0. The van der Waals surface area contributed by atoms with Crippen LogP contribution in [0, 0.1) is 0 Å². The largest absolute Gasteiger partial charge is 0.347 e. The Morgan fingerprint density at radius 3 is 2.64 bits per heavy atom. The molecule has 7 nitrogen and oxygen atoms in total. The molecular formula is C15H23N5O2. The Labute approximate surface area is 130 Å². The van der Waals surface area contributed by atoms with E-state index in [1.807, 2.05) is 27.7 Å². The molecule has 22 heavy (non-hydrogen) atoms. The molecule has 120 valence electrons. The highest BCUT2D eigenvalue weighted by atomic mass is 16.2. The SMILES string of the molecule is CC1C(=NCC(=O)N(C)C)Nc2ncn(C(C)(C)C)c(=O)c21. The number of carbonyl (C=O) groups excluding carboxylic acids is 1. The molecule has 1 unspecified atom stereocenters. The first-order valence-electron chi connectivity index (χ1n) is 7.26. The first kappa shape index (κ1) is 16.2. The summed E-state index contributed by atoms with van der Waals surface area (Å²) >= 11 is 0. The Bertz CT molecular complexity index is 682. The Morgan fingerprint density at radius 2 is 2.09 bits per heavy atom. The van der Waals surface area contributed by atoms with Crippen molar-refractivity contribution in [1.82, 2.24) is 14.5 Å². The van der Waals surface area contributed by atoms with Gasteiger partial charge in [0.25, 0.3) is 5.56 Å². The van der Waals surface area contributed by atoms with Crippen LogP contribution in [0.3, 0.4) is 0 Å². The third-order valence-corrected chi connectivity index (χ3v) is 3.70. The van der Waals surface area contributed by atoms with E-state index in [0.29, 0.717) is 17.2 Å². The monoisotopic (exact) mass is 305 g/mol. The van der Waals surface area contributed by atoms with Crippen molar-refractivity contribution in [2.24, 2.45) is 4.99 Å². The Morgan fingerprint density at radius 1 is 1.45 bits per heavy atom. The van der Waals surface area contributed by atoms with Crippen LogP contribution in [0.2, 0.25) is 0 Å². The number of fused-ring (bicyclic) bond motifs is 1. The number of aromatic nitrogens is 2. The lowest BCUT2D eigenvalue weighted by Crippen LogP contribution is -2.35. The predicted molar refractivity (Wildman–Crippen MR) is 86.5 cm³/mol. The maximum Gasteiger partial charge on any atom is 0.259 e. The van der Waals surface area contributed by atoms with Gasteiger partial charge in [-0.3, -0.25) is 19.1 Å². The van der Waals surface area contributed by atoms with Gasteiger partial charge in [-0.2, -0.15) is 0 Å². The Balaban J connectivity index is 2.35. The molecule has 7 heteroatoms. The van der Waals surface area contributed by atoms with Crippen LogP contribution in [0.5, 0.6) is 0 Å². The molecule has 1 aliphatic rings. The van der Waals surface area contributed by atoms with Gasteiger partial charge in [-0.15, -0.1) is 0 Å². The van der Waals surface area contributed by atoms with Gasteiger partial charge in [0.1, 0.15) is 24.5 Å². The van der Waals surface area contributed by atoms with Gasteiger partial charge in [-0.05, 0) is 20.8 Å². The van der Waals surface area contributed by atoms with Gasteiger partial charge in [0, 0.05) is 25.6 Å². The van der Waals surface area contributed by atoms with Gasteiger partial charge in [-0.1, -0.05) is 6.92 Å². The zero-order chi connectivity index (χ0) is 16.7. The second kappa shape index (κ2) is 5.55. The average Bonchev–Trinajstić information content (AvgIpc) is 2.72. The van der Waals surface area contributed by atoms with E-state index in [4.69, 9.17) is 0 Å². The molecule has 0 radical (unpaired) electrons. The number of rotatable bonds is 2. The van der Waals surface area contributed by atoms with E-state index in [1.165, 1.54) is 4.90 Å². The number of amides is 1. The summed E-state index contributed by atoms with van der Waals surface area (Å²) < 4.78 is 1.62. The first-order chi connectivity index (χ1) is 10.1. The maximum absolute atomic E-state index is 12.7. The highest BCUT2D eigenvalue weighted by Crippen LogP contribution is 2.28. The van der Waals surface area contributed by atoms with Gasteiger partial charge in [0.05, 0.1) is 5.56 Å². The topological polar surface area (TPSA) is 79.6 Å². The van der Waals surface area contributed by atoms with E-state index in [-0.39, 0.29) is 29.5 Å². The van der Waals surface area contributed by atoms with Crippen molar-refractivity contribution in [2.45, 2.75) is 39.2 Å². The molecule has 1 aromatic heterocycles. The summed E-state index contributed by atoms with van der Waals surface area (Å²) in [6, 6.07) is 0. The fourth-order valence-corrected chi connectivity index (χ4v) is 2.27. The fraction of sp³-hybridized carbons (Fsp3) is 0.600. The highest BCUT2D eigenvalue weighted by molar-refractivity contribution is 6.05. The van der Waals surface area contributed by atoms with Crippen LogP contribution in [0.4, 0.5) is 5.82 Å². The Kier molecular flexibility index (Phi) is 4.08. The molecule has 2 rings (SSSR count). The number of amidine groups is 1. The molecule has 0 bridgehead atoms. The number of aliphatic imine (C=N–C) groups is 1. The maximum atomic E-state index is 12.7. The minimum atomic E-state index is -0.334. The number of likely N-dealkylation sites (N-methyl/N-ethyl adjacent to an activating group) is 1. The molecule has 0 saturated carbocycles. The number of hydrogen-bond donors (Lipinski definition) is 1. The molecular weight excluding hydrogens is 282 g/mol. The first-order valence-corrected chi connectivity index (χ1v) is 7.26. The van der Waals surface area contributed by atoms with Crippen molar-refractivity contribution < 1.29 is 4.79 Å². The lowest BCUT2D eigenvalue weighted by molar-refractivity contribution is -0.127. The number of carbonyl (C=O) groups is 1. The van der Waals surface area contributed by atoms with Gasteiger partial charge in [0.2, 0.25) is 5.91 Å². The van der Waals surface area contributed by atoms with E-state index < -0.39 is 0 Å².